The molecular formula is C20H29N3O4S. The smallest absolute Gasteiger partial charge is 0.231 e. The third-order valence-electron chi connectivity index (χ3n) is 6.25. The Bertz CT molecular complexity index is 883. The standard InChI is InChI=1S/C20H29N3O4S/c1-15-7-5-6-8-16(15)13-18(24)23-11-9-17-20(14-23,19(25)21(2)3)10-12-28(26,27)22(17)4/h5-8,17H,9-14H2,1-4H3/t17-,20+/m1/s1. The molecule has 0 N–H and O–H groups in total. The Hall–Kier alpha value is -1.93. The fourth-order valence-electron chi connectivity index (χ4n) is 4.56. The van der Waals surface area contributed by atoms with E-state index in [1.165, 1.54) is 9.21 Å². The van der Waals surface area contributed by atoms with Crippen molar-refractivity contribution in [3.05, 3.63) is 35.4 Å². The molecule has 0 aliphatic carbocycles. The van der Waals surface area contributed by atoms with Crippen molar-refractivity contribution < 1.29 is 18.0 Å². The van der Waals surface area contributed by atoms with Gasteiger partial charge in [-0.2, -0.15) is 0 Å². The van der Waals surface area contributed by atoms with E-state index < -0.39 is 21.5 Å². The van der Waals surface area contributed by atoms with Gasteiger partial charge < -0.3 is 9.80 Å². The lowest BCUT2D eigenvalue weighted by molar-refractivity contribution is -0.152. The molecule has 2 fully saturated rings. The van der Waals surface area contributed by atoms with Crippen LogP contribution in [0.1, 0.15) is 24.0 Å². The Kier molecular flexibility index (Phi) is 5.55. The second-order valence-corrected chi connectivity index (χ2v) is 10.3. The van der Waals surface area contributed by atoms with Crippen LogP contribution in [0, 0.1) is 12.3 Å². The molecule has 28 heavy (non-hydrogen) atoms. The zero-order chi connectivity index (χ0) is 20.7. The first-order valence-corrected chi connectivity index (χ1v) is 11.2. The normalized spacial score (nSPS) is 27.1. The van der Waals surface area contributed by atoms with E-state index in [2.05, 4.69) is 0 Å². The number of hydrogen-bond acceptors (Lipinski definition) is 4. The topological polar surface area (TPSA) is 78.0 Å². The van der Waals surface area contributed by atoms with E-state index >= 15 is 0 Å². The van der Waals surface area contributed by atoms with Crippen molar-refractivity contribution in [2.75, 3.05) is 40.0 Å². The Labute approximate surface area is 167 Å². The van der Waals surface area contributed by atoms with Crippen LogP contribution in [-0.2, 0) is 26.0 Å². The lowest BCUT2D eigenvalue weighted by Gasteiger charge is -2.53. The molecule has 2 aliphatic heterocycles. The Morgan fingerprint density at radius 3 is 2.57 bits per heavy atom. The number of rotatable bonds is 3. The minimum absolute atomic E-state index is 0.0187. The van der Waals surface area contributed by atoms with E-state index in [4.69, 9.17) is 0 Å². The van der Waals surface area contributed by atoms with Gasteiger partial charge >= 0.3 is 0 Å². The van der Waals surface area contributed by atoms with E-state index in [-0.39, 0.29) is 37.0 Å². The van der Waals surface area contributed by atoms with Gasteiger partial charge in [-0.25, -0.2) is 12.7 Å². The fourth-order valence-corrected chi connectivity index (χ4v) is 6.17. The largest absolute Gasteiger partial charge is 0.348 e. The van der Waals surface area contributed by atoms with Crippen molar-refractivity contribution in [3.8, 4) is 0 Å². The van der Waals surface area contributed by atoms with E-state index in [1.54, 1.807) is 26.0 Å². The van der Waals surface area contributed by atoms with Gasteiger partial charge in [0.2, 0.25) is 21.8 Å². The first kappa shape index (κ1) is 20.8. The SMILES string of the molecule is Cc1ccccc1CC(=O)N1CC[C@H]2N(C)S(=O)(=O)CC[C@]2(C(=O)N(C)C)C1. The number of likely N-dealkylation sites (tertiary alicyclic amines) is 1. The van der Waals surface area contributed by atoms with Crippen LogP contribution in [0.3, 0.4) is 0 Å². The van der Waals surface area contributed by atoms with E-state index in [1.807, 2.05) is 31.2 Å². The Morgan fingerprint density at radius 2 is 1.93 bits per heavy atom. The first-order valence-electron chi connectivity index (χ1n) is 9.58. The summed E-state index contributed by atoms with van der Waals surface area (Å²) in [7, 11) is 1.57. The number of carbonyl (C=O) groups is 2. The maximum Gasteiger partial charge on any atom is 0.231 e. The number of carbonyl (C=O) groups excluding carboxylic acids is 2. The third kappa shape index (κ3) is 3.55. The monoisotopic (exact) mass is 407 g/mol. The van der Waals surface area contributed by atoms with Crippen molar-refractivity contribution in [2.45, 2.75) is 32.2 Å². The van der Waals surface area contributed by atoms with Gasteiger partial charge in [0, 0.05) is 40.3 Å². The molecule has 8 heteroatoms. The number of amides is 2. The van der Waals surface area contributed by atoms with Crippen molar-refractivity contribution in [3.63, 3.8) is 0 Å². The van der Waals surface area contributed by atoms with Crippen LogP contribution in [0.15, 0.2) is 24.3 Å². The summed E-state index contributed by atoms with van der Waals surface area (Å²) in [6, 6.07) is 7.37. The highest BCUT2D eigenvalue weighted by Gasteiger charge is 2.57. The minimum Gasteiger partial charge on any atom is -0.348 e. The van der Waals surface area contributed by atoms with Crippen molar-refractivity contribution in [1.82, 2.24) is 14.1 Å². The molecule has 0 spiro atoms. The maximum absolute atomic E-state index is 13.2. The van der Waals surface area contributed by atoms with Crippen molar-refractivity contribution >= 4 is 21.8 Å². The maximum atomic E-state index is 13.2. The highest BCUT2D eigenvalue weighted by molar-refractivity contribution is 7.89. The molecule has 1 aromatic rings. The zero-order valence-corrected chi connectivity index (χ0v) is 17.8. The molecule has 1 aromatic carbocycles. The molecule has 2 aliphatic rings. The lowest BCUT2D eigenvalue weighted by Crippen LogP contribution is -2.67. The van der Waals surface area contributed by atoms with Crippen LogP contribution >= 0.6 is 0 Å². The molecule has 7 nitrogen and oxygen atoms in total. The van der Waals surface area contributed by atoms with Crippen LogP contribution in [0.2, 0.25) is 0 Å². The molecular weight excluding hydrogens is 378 g/mol. The number of aryl methyl sites for hydroxylation is 1. The summed E-state index contributed by atoms with van der Waals surface area (Å²) in [6.45, 7) is 2.70. The first-order chi connectivity index (χ1) is 13.1. The molecule has 0 radical (unpaired) electrons. The van der Waals surface area contributed by atoms with Gasteiger partial charge in [0.1, 0.15) is 0 Å². The molecule has 0 unspecified atom stereocenters. The van der Waals surface area contributed by atoms with Crippen LogP contribution in [0.25, 0.3) is 0 Å². The quantitative estimate of drug-likeness (QED) is 0.745. The van der Waals surface area contributed by atoms with Gasteiger partial charge in [-0.1, -0.05) is 24.3 Å². The van der Waals surface area contributed by atoms with Gasteiger partial charge in [-0.15, -0.1) is 0 Å². The molecule has 2 heterocycles. The van der Waals surface area contributed by atoms with Crippen LogP contribution in [0.4, 0.5) is 0 Å². The molecule has 0 aromatic heterocycles. The van der Waals surface area contributed by atoms with Crippen LogP contribution < -0.4 is 0 Å². The van der Waals surface area contributed by atoms with Gasteiger partial charge in [0.25, 0.3) is 0 Å². The van der Waals surface area contributed by atoms with Gasteiger partial charge in [0.15, 0.2) is 0 Å². The summed E-state index contributed by atoms with van der Waals surface area (Å²) >= 11 is 0. The summed E-state index contributed by atoms with van der Waals surface area (Å²) < 4.78 is 26.1. The Morgan fingerprint density at radius 1 is 1.25 bits per heavy atom. The predicted octanol–water partition coefficient (Wildman–Crippen LogP) is 0.878. The van der Waals surface area contributed by atoms with E-state index in [0.717, 1.165) is 11.1 Å². The number of benzene rings is 1. The molecule has 3 rings (SSSR count). The van der Waals surface area contributed by atoms with Gasteiger partial charge in [-0.05, 0) is 30.9 Å². The number of fused-ring (bicyclic) bond motifs is 1. The second-order valence-electron chi connectivity index (χ2n) is 8.16. The summed E-state index contributed by atoms with van der Waals surface area (Å²) in [4.78, 5) is 29.4. The highest BCUT2D eigenvalue weighted by atomic mass is 32.2. The molecule has 154 valence electrons. The van der Waals surface area contributed by atoms with Crippen molar-refractivity contribution in [2.24, 2.45) is 5.41 Å². The number of piperidine rings is 1. The molecule has 0 saturated carbocycles. The van der Waals surface area contributed by atoms with Crippen LogP contribution in [0.5, 0.6) is 0 Å². The zero-order valence-electron chi connectivity index (χ0n) is 17.0. The number of sulfonamides is 1. The summed E-state index contributed by atoms with van der Waals surface area (Å²) in [5.74, 6) is -0.193. The number of hydrogen-bond donors (Lipinski definition) is 0. The van der Waals surface area contributed by atoms with Gasteiger partial charge in [-0.3, -0.25) is 9.59 Å². The van der Waals surface area contributed by atoms with Gasteiger partial charge in [0.05, 0.1) is 17.6 Å². The molecule has 2 saturated heterocycles. The average molecular weight is 408 g/mol. The molecule has 2 atom stereocenters. The summed E-state index contributed by atoms with van der Waals surface area (Å²) in [6.07, 6.45) is 1.00. The Balaban J connectivity index is 1.88. The third-order valence-corrected chi connectivity index (χ3v) is 8.11. The van der Waals surface area contributed by atoms with E-state index in [9.17, 15) is 18.0 Å². The summed E-state index contributed by atoms with van der Waals surface area (Å²) in [5, 5.41) is 0. The van der Waals surface area contributed by atoms with Crippen LogP contribution in [-0.4, -0.2) is 80.4 Å². The lowest BCUT2D eigenvalue weighted by atomic mass is 9.72. The molecule has 2 amide bonds. The predicted molar refractivity (Wildman–Crippen MR) is 107 cm³/mol. The van der Waals surface area contributed by atoms with Crippen molar-refractivity contribution in [1.29, 1.82) is 0 Å². The molecule has 0 bridgehead atoms. The minimum atomic E-state index is -3.36. The number of nitrogens with zero attached hydrogens (tertiary/aromatic N) is 3. The fraction of sp³-hybridized carbons (Fsp3) is 0.600. The van der Waals surface area contributed by atoms with E-state index in [0.29, 0.717) is 13.0 Å². The summed E-state index contributed by atoms with van der Waals surface area (Å²) in [5.41, 5.74) is 1.16. The highest BCUT2D eigenvalue weighted by Crippen LogP contribution is 2.43. The average Bonchev–Trinajstić information content (AvgIpc) is 2.66. The second kappa shape index (κ2) is 7.48.